The highest BCUT2D eigenvalue weighted by Gasteiger charge is 2.31. The van der Waals surface area contributed by atoms with E-state index in [1.807, 2.05) is 7.05 Å². The number of rotatable bonds is 8. The molecule has 0 aromatic carbocycles. The van der Waals surface area contributed by atoms with Crippen LogP contribution in [0.1, 0.15) is 39.5 Å². The summed E-state index contributed by atoms with van der Waals surface area (Å²) in [5, 5.41) is 6.85. The fourth-order valence-corrected chi connectivity index (χ4v) is 2.90. The van der Waals surface area contributed by atoms with Crippen LogP contribution in [0.5, 0.6) is 0 Å². The van der Waals surface area contributed by atoms with E-state index in [4.69, 9.17) is 0 Å². The molecule has 1 rings (SSSR count). The van der Waals surface area contributed by atoms with E-state index in [1.54, 1.807) is 0 Å². The average Bonchev–Trinajstić information content (AvgIpc) is 2.34. The predicted octanol–water partition coefficient (Wildman–Crippen LogP) is 1.94. The minimum absolute atomic E-state index is 0.449. The highest BCUT2D eigenvalue weighted by atomic mass is 15.1. The molecule has 18 heavy (non-hydrogen) atoms. The van der Waals surface area contributed by atoms with Crippen molar-refractivity contribution in [3.05, 3.63) is 0 Å². The normalized spacial score (nSPS) is 19.3. The molecule has 108 valence electrons. The number of hydrogen-bond acceptors (Lipinski definition) is 3. The maximum atomic E-state index is 3.65. The molecule has 2 N–H and O–H groups in total. The third-order valence-corrected chi connectivity index (χ3v) is 4.43. The minimum Gasteiger partial charge on any atom is -0.320 e. The molecule has 0 aromatic rings. The molecule has 0 bridgehead atoms. The van der Waals surface area contributed by atoms with Crippen molar-refractivity contribution >= 4 is 0 Å². The maximum Gasteiger partial charge on any atom is 0.000518 e. The van der Waals surface area contributed by atoms with Gasteiger partial charge >= 0.3 is 0 Å². The van der Waals surface area contributed by atoms with E-state index in [-0.39, 0.29) is 0 Å². The van der Waals surface area contributed by atoms with Gasteiger partial charge < -0.3 is 15.5 Å². The van der Waals surface area contributed by atoms with Crippen LogP contribution in [0, 0.1) is 11.3 Å². The molecule has 0 aromatic heterocycles. The average molecular weight is 255 g/mol. The van der Waals surface area contributed by atoms with Crippen molar-refractivity contribution in [2.75, 3.05) is 46.8 Å². The van der Waals surface area contributed by atoms with E-state index >= 15 is 0 Å². The number of likely N-dealkylation sites (tertiary alicyclic amines) is 1. The van der Waals surface area contributed by atoms with Gasteiger partial charge in [-0.15, -0.1) is 0 Å². The van der Waals surface area contributed by atoms with E-state index in [2.05, 4.69) is 36.4 Å². The SMILES string of the molecule is CNCCCCNCC(C)(C)C1CCN(C)CC1. The van der Waals surface area contributed by atoms with Crippen LogP contribution in [0.4, 0.5) is 0 Å². The molecular formula is C15H33N3. The summed E-state index contributed by atoms with van der Waals surface area (Å²) >= 11 is 0. The molecule has 0 radical (unpaired) electrons. The number of unbranched alkanes of at least 4 members (excludes halogenated alkanes) is 1. The fraction of sp³-hybridized carbons (Fsp3) is 1.00. The first-order chi connectivity index (χ1) is 8.56. The van der Waals surface area contributed by atoms with Crippen molar-refractivity contribution in [3.63, 3.8) is 0 Å². The standard InChI is InChI=1S/C15H33N3/c1-15(2,13-17-10-6-5-9-16-3)14-7-11-18(4)12-8-14/h14,16-17H,5-13H2,1-4H3. The Bertz CT molecular complexity index is 208. The topological polar surface area (TPSA) is 27.3 Å². The Labute approximate surface area is 114 Å². The van der Waals surface area contributed by atoms with Gasteiger partial charge in [0.1, 0.15) is 0 Å². The number of hydrogen-bond donors (Lipinski definition) is 2. The summed E-state index contributed by atoms with van der Waals surface area (Å²) in [6, 6.07) is 0. The van der Waals surface area contributed by atoms with Gasteiger partial charge in [0.05, 0.1) is 0 Å². The van der Waals surface area contributed by atoms with E-state index in [9.17, 15) is 0 Å². The molecule has 1 aliphatic heterocycles. The van der Waals surface area contributed by atoms with Gasteiger partial charge in [-0.1, -0.05) is 13.8 Å². The molecule has 1 fully saturated rings. The van der Waals surface area contributed by atoms with Gasteiger partial charge in [-0.2, -0.15) is 0 Å². The lowest BCUT2D eigenvalue weighted by Crippen LogP contribution is -2.42. The van der Waals surface area contributed by atoms with Crippen molar-refractivity contribution in [1.29, 1.82) is 0 Å². The van der Waals surface area contributed by atoms with Crippen LogP contribution in [-0.4, -0.2) is 51.7 Å². The summed E-state index contributed by atoms with van der Waals surface area (Å²) in [4.78, 5) is 2.46. The smallest absolute Gasteiger partial charge is 0.000518 e. The summed E-state index contributed by atoms with van der Waals surface area (Å²) in [7, 11) is 4.26. The minimum atomic E-state index is 0.449. The zero-order chi connectivity index (χ0) is 13.4. The Hall–Kier alpha value is -0.120. The molecule has 1 saturated heterocycles. The molecule has 1 aliphatic rings. The van der Waals surface area contributed by atoms with Gasteiger partial charge in [0.2, 0.25) is 0 Å². The predicted molar refractivity (Wildman–Crippen MR) is 80.0 cm³/mol. The van der Waals surface area contributed by atoms with Crippen LogP contribution in [0.15, 0.2) is 0 Å². The maximum absolute atomic E-state index is 3.65. The summed E-state index contributed by atoms with van der Waals surface area (Å²) in [5.74, 6) is 0.888. The van der Waals surface area contributed by atoms with Crippen LogP contribution >= 0.6 is 0 Å². The van der Waals surface area contributed by atoms with Crippen LogP contribution in [-0.2, 0) is 0 Å². The summed E-state index contributed by atoms with van der Waals surface area (Å²) < 4.78 is 0. The summed E-state index contributed by atoms with van der Waals surface area (Å²) in [6.45, 7) is 10.9. The molecule has 0 unspecified atom stereocenters. The second-order valence-electron chi connectivity index (χ2n) is 6.55. The zero-order valence-corrected chi connectivity index (χ0v) is 12.9. The lowest BCUT2D eigenvalue weighted by molar-refractivity contribution is 0.113. The second-order valence-corrected chi connectivity index (χ2v) is 6.55. The fourth-order valence-electron chi connectivity index (χ4n) is 2.90. The molecule has 3 heteroatoms. The Morgan fingerprint density at radius 1 is 1.11 bits per heavy atom. The Kier molecular flexibility index (Phi) is 7.20. The van der Waals surface area contributed by atoms with Crippen LogP contribution in [0.25, 0.3) is 0 Å². The molecule has 1 heterocycles. The Morgan fingerprint density at radius 3 is 2.33 bits per heavy atom. The van der Waals surface area contributed by atoms with Crippen molar-refractivity contribution in [2.45, 2.75) is 39.5 Å². The first-order valence-corrected chi connectivity index (χ1v) is 7.60. The first-order valence-electron chi connectivity index (χ1n) is 7.60. The Balaban J connectivity index is 2.14. The number of nitrogens with one attached hydrogen (secondary N) is 2. The van der Waals surface area contributed by atoms with Gasteiger partial charge in [-0.3, -0.25) is 0 Å². The van der Waals surface area contributed by atoms with Gasteiger partial charge in [0.15, 0.2) is 0 Å². The molecule has 0 aliphatic carbocycles. The summed E-state index contributed by atoms with van der Waals surface area (Å²) in [5.41, 5.74) is 0.449. The van der Waals surface area contributed by atoms with Gasteiger partial charge in [-0.25, -0.2) is 0 Å². The number of piperidine rings is 1. The monoisotopic (exact) mass is 255 g/mol. The van der Waals surface area contributed by atoms with Gasteiger partial charge in [-0.05, 0) is 77.3 Å². The van der Waals surface area contributed by atoms with Crippen molar-refractivity contribution in [1.82, 2.24) is 15.5 Å². The molecular weight excluding hydrogens is 222 g/mol. The highest BCUT2D eigenvalue weighted by Crippen LogP contribution is 2.34. The van der Waals surface area contributed by atoms with Crippen LogP contribution in [0.2, 0.25) is 0 Å². The molecule has 3 nitrogen and oxygen atoms in total. The van der Waals surface area contributed by atoms with Gasteiger partial charge in [0.25, 0.3) is 0 Å². The van der Waals surface area contributed by atoms with Crippen LogP contribution < -0.4 is 10.6 Å². The van der Waals surface area contributed by atoms with Crippen molar-refractivity contribution in [2.24, 2.45) is 11.3 Å². The third-order valence-electron chi connectivity index (χ3n) is 4.43. The quantitative estimate of drug-likeness (QED) is 0.649. The summed E-state index contributed by atoms with van der Waals surface area (Å²) in [6.07, 6.45) is 5.29. The van der Waals surface area contributed by atoms with Crippen molar-refractivity contribution < 1.29 is 0 Å². The molecule has 0 amide bonds. The largest absolute Gasteiger partial charge is 0.320 e. The molecule has 0 atom stereocenters. The van der Waals surface area contributed by atoms with E-state index in [0.29, 0.717) is 5.41 Å². The zero-order valence-electron chi connectivity index (χ0n) is 12.9. The van der Waals surface area contributed by atoms with E-state index < -0.39 is 0 Å². The highest BCUT2D eigenvalue weighted by molar-refractivity contribution is 4.84. The lowest BCUT2D eigenvalue weighted by atomic mass is 9.73. The van der Waals surface area contributed by atoms with E-state index in [0.717, 1.165) is 19.0 Å². The third kappa shape index (κ3) is 5.68. The lowest BCUT2D eigenvalue weighted by Gasteiger charge is -2.40. The Morgan fingerprint density at radius 2 is 1.72 bits per heavy atom. The van der Waals surface area contributed by atoms with Crippen molar-refractivity contribution in [3.8, 4) is 0 Å². The van der Waals surface area contributed by atoms with Crippen LogP contribution in [0.3, 0.4) is 0 Å². The first kappa shape index (κ1) is 15.9. The second kappa shape index (κ2) is 8.13. The van der Waals surface area contributed by atoms with E-state index in [1.165, 1.54) is 45.3 Å². The molecule has 0 spiro atoms. The van der Waals surface area contributed by atoms with Gasteiger partial charge in [0, 0.05) is 6.54 Å². The number of nitrogens with zero attached hydrogens (tertiary/aromatic N) is 1. The molecule has 0 saturated carbocycles.